The number of amidine groups is 1. The molecule has 0 aliphatic heterocycles. The summed E-state index contributed by atoms with van der Waals surface area (Å²) in [7, 11) is 1.63. The number of methoxy groups -OCH3 is 1. The van der Waals surface area contributed by atoms with Gasteiger partial charge in [-0.1, -0.05) is 12.1 Å². The molecule has 0 amide bonds. The van der Waals surface area contributed by atoms with Gasteiger partial charge in [-0.3, -0.25) is 10.3 Å². The number of hydrogen-bond acceptors (Lipinski definition) is 3. The highest BCUT2D eigenvalue weighted by molar-refractivity contribution is 5.80. The molecular weight excluding hydrogens is 190 g/mol. The monoisotopic (exact) mass is 203 g/mol. The SMILES string of the molecule is COc1ccc(CN=C(C)NC#N)cc1. The zero-order valence-corrected chi connectivity index (χ0v) is 8.82. The minimum Gasteiger partial charge on any atom is -0.497 e. The smallest absolute Gasteiger partial charge is 0.182 e. The fourth-order valence-corrected chi connectivity index (χ4v) is 1.06. The van der Waals surface area contributed by atoms with E-state index in [1.54, 1.807) is 14.0 Å². The highest BCUT2D eigenvalue weighted by Gasteiger charge is 1.93. The Hall–Kier alpha value is -2.02. The van der Waals surface area contributed by atoms with Crippen LogP contribution in [0.1, 0.15) is 12.5 Å². The maximum Gasteiger partial charge on any atom is 0.182 e. The summed E-state index contributed by atoms with van der Waals surface area (Å²) >= 11 is 0. The van der Waals surface area contributed by atoms with Gasteiger partial charge in [0.1, 0.15) is 11.6 Å². The predicted molar refractivity (Wildman–Crippen MR) is 58.6 cm³/mol. The number of nitrogens with zero attached hydrogens (tertiary/aromatic N) is 2. The van der Waals surface area contributed by atoms with Crippen LogP contribution in [0.15, 0.2) is 29.3 Å². The molecule has 15 heavy (non-hydrogen) atoms. The summed E-state index contributed by atoms with van der Waals surface area (Å²) in [4.78, 5) is 4.18. The Morgan fingerprint density at radius 2 is 2.13 bits per heavy atom. The molecular formula is C11H13N3O. The van der Waals surface area contributed by atoms with Gasteiger partial charge in [-0.05, 0) is 24.6 Å². The summed E-state index contributed by atoms with van der Waals surface area (Å²) in [5, 5.41) is 10.8. The van der Waals surface area contributed by atoms with Gasteiger partial charge in [0.25, 0.3) is 0 Å². The van der Waals surface area contributed by atoms with Gasteiger partial charge >= 0.3 is 0 Å². The highest BCUT2D eigenvalue weighted by atomic mass is 16.5. The van der Waals surface area contributed by atoms with Crippen molar-refractivity contribution in [3.8, 4) is 11.9 Å². The van der Waals surface area contributed by atoms with Crippen molar-refractivity contribution >= 4 is 5.84 Å². The van der Waals surface area contributed by atoms with Crippen LogP contribution in [-0.4, -0.2) is 12.9 Å². The minimum absolute atomic E-state index is 0.560. The summed E-state index contributed by atoms with van der Waals surface area (Å²) in [5.41, 5.74) is 1.08. The van der Waals surface area contributed by atoms with Crippen molar-refractivity contribution in [3.05, 3.63) is 29.8 Å². The summed E-state index contributed by atoms with van der Waals surface area (Å²) in [6, 6.07) is 7.67. The van der Waals surface area contributed by atoms with Crippen molar-refractivity contribution in [1.29, 1.82) is 5.26 Å². The van der Waals surface area contributed by atoms with Crippen LogP contribution in [0.3, 0.4) is 0 Å². The van der Waals surface area contributed by atoms with Crippen molar-refractivity contribution in [3.63, 3.8) is 0 Å². The van der Waals surface area contributed by atoms with Gasteiger partial charge in [0.2, 0.25) is 0 Å². The maximum absolute atomic E-state index is 8.34. The van der Waals surface area contributed by atoms with E-state index in [-0.39, 0.29) is 0 Å². The van der Waals surface area contributed by atoms with Gasteiger partial charge < -0.3 is 4.74 Å². The number of aliphatic imine (C=N–C) groups is 1. The lowest BCUT2D eigenvalue weighted by Gasteiger charge is -2.01. The Bertz CT molecular complexity index is 376. The van der Waals surface area contributed by atoms with E-state index in [2.05, 4.69) is 10.3 Å². The van der Waals surface area contributed by atoms with Gasteiger partial charge in [0, 0.05) is 0 Å². The molecule has 0 aliphatic carbocycles. The van der Waals surface area contributed by atoms with Crippen LogP contribution in [-0.2, 0) is 6.54 Å². The van der Waals surface area contributed by atoms with E-state index in [1.165, 1.54) is 0 Å². The fourth-order valence-electron chi connectivity index (χ4n) is 1.06. The first kappa shape index (κ1) is 11.1. The molecule has 0 aromatic heterocycles. The zero-order valence-electron chi connectivity index (χ0n) is 8.82. The molecule has 0 atom stereocenters. The molecule has 1 N–H and O–H groups in total. The Balaban J connectivity index is 2.58. The maximum atomic E-state index is 8.34. The Kier molecular flexibility index (Phi) is 4.17. The van der Waals surface area contributed by atoms with Gasteiger partial charge in [-0.15, -0.1) is 0 Å². The van der Waals surface area contributed by atoms with E-state index in [1.807, 2.05) is 30.5 Å². The zero-order chi connectivity index (χ0) is 11.1. The standard InChI is InChI=1S/C11H13N3O/c1-9(14-8-12)13-7-10-3-5-11(15-2)6-4-10/h3-6H,7H2,1-2H3,(H,13,14). The molecule has 0 fully saturated rings. The topological polar surface area (TPSA) is 57.4 Å². The van der Waals surface area contributed by atoms with E-state index in [4.69, 9.17) is 10.00 Å². The van der Waals surface area contributed by atoms with Crippen molar-refractivity contribution in [1.82, 2.24) is 5.32 Å². The first-order valence-electron chi connectivity index (χ1n) is 4.55. The van der Waals surface area contributed by atoms with Crippen LogP contribution in [0.25, 0.3) is 0 Å². The lowest BCUT2D eigenvalue weighted by molar-refractivity contribution is 0.414. The van der Waals surface area contributed by atoms with E-state index in [0.717, 1.165) is 11.3 Å². The quantitative estimate of drug-likeness (QED) is 0.352. The number of nitriles is 1. The van der Waals surface area contributed by atoms with Gasteiger partial charge in [0.15, 0.2) is 6.19 Å². The Labute approximate surface area is 89.2 Å². The second kappa shape index (κ2) is 5.66. The third-order valence-corrected chi connectivity index (χ3v) is 1.89. The average molecular weight is 203 g/mol. The molecule has 0 aliphatic rings. The first-order valence-corrected chi connectivity index (χ1v) is 4.55. The molecule has 0 spiro atoms. The summed E-state index contributed by atoms with van der Waals surface area (Å²) < 4.78 is 5.04. The number of benzene rings is 1. The molecule has 0 heterocycles. The van der Waals surface area contributed by atoms with Crippen molar-refractivity contribution in [2.45, 2.75) is 13.5 Å². The predicted octanol–water partition coefficient (Wildman–Crippen LogP) is 1.68. The van der Waals surface area contributed by atoms with E-state index >= 15 is 0 Å². The van der Waals surface area contributed by atoms with Crippen molar-refractivity contribution < 1.29 is 4.74 Å². The molecule has 1 aromatic rings. The number of ether oxygens (including phenoxy) is 1. The summed E-state index contributed by atoms with van der Waals surface area (Å²) in [6.45, 7) is 2.32. The second-order valence-corrected chi connectivity index (χ2v) is 2.99. The van der Waals surface area contributed by atoms with E-state index in [0.29, 0.717) is 12.4 Å². The van der Waals surface area contributed by atoms with Gasteiger partial charge in [0.05, 0.1) is 13.7 Å². The molecule has 1 rings (SSSR count). The molecule has 0 unspecified atom stereocenters. The molecule has 78 valence electrons. The third-order valence-electron chi connectivity index (χ3n) is 1.89. The Morgan fingerprint density at radius 1 is 1.47 bits per heavy atom. The molecule has 0 saturated heterocycles. The first-order chi connectivity index (χ1) is 7.26. The van der Waals surface area contributed by atoms with E-state index < -0.39 is 0 Å². The molecule has 0 radical (unpaired) electrons. The summed E-state index contributed by atoms with van der Waals surface area (Å²) in [6.07, 6.45) is 1.82. The number of hydrogen-bond donors (Lipinski definition) is 1. The third kappa shape index (κ3) is 3.69. The minimum atomic E-state index is 0.560. The van der Waals surface area contributed by atoms with Crippen LogP contribution in [0, 0.1) is 11.5 Å². The van der Waals surface area contributed by atoms with Crippen LogP contribution in [0.4, 0.5) is 0 Å². The highest BCUT2D eigenvalue weighted by Crippen LogP contribution is 2.11. The van der Waals surface area contributed by atoms with Crippen LogP contribution in [0.5, 0.6) is 5.75 Å². The largest absolute Gasteiger partial charge is 0.497 e. The Morgan fingerprint density at radius 3 is 2.67 bits per heavy atom. The van der Waals surface area contributed by atoms with Crippen molar-refractivity contribution in [2.24, 2.45) is 4.99 Å². The van der Waals surface area contributed by atoms with Crippen LogP contribution >= 0.6 is 0 Å². The van der Waals surface area contributed by atoms with Crippen molar-refractivity contribution in [2.75, 3.05) is 7.11 Å². The molecule has 0 saturated carbocycles. The average Bonchev–Trinajstić information content (AvgIpc) is 2.27. The molecule has 4 heteroatoms. The molecule has 0 bridgehead atoms. The number of rotatable bonds is 3. The lowest BCUT2D eigenvalue weighted by atomic mass is 10.2. The fraction of sp³-hybridized carbons (Fsp3) is 0.273. The lowest BCUT2D eigenvalue weighted by Crippen LogP contribution is -2.13. The number of nitrogens with one attached hydrogen (secondary N) is 1. The van der Waals surface area contributed by atoms with E-state index in [9.17, 15) is 0 Å². The molecule has 1 aromatic carbocycles. The van der Waals surface area contributed by atoms with Crippen LogP contribution in [0.2, 0.25) is 0 Å². The molecule has 4 nitrogen and oxygen atoms in total. The normalized spacial score (nSPS) is 10.6. The van der Waals surface area contributed by atoms with Gasteiger partial charge in [-0.25, -0.2) is 0 Å². The second-order valence-electron chi connectivity index (χ2n) is 2.99. The van der Waals surface area contributed by atoms with Crippen LogP contribution < -0.4 is 10.1 Å². The summed E-state index contributed by atoms with van der Waals surface area (Å²) in [5.74, 6) is 1.45. The van der Waals surface area contributed by atoms with Gasteiger partial charge in [-0.2, -0.15) is 5.26 Å².